The van der Waals surface area contributed by atoms with Gasteiger partial charge >= 0.3 is 0 Å². The minimum Gasteiger partial charge on any atom is -0.504 e. The van der Waals surface area contributed by atoms with Gasteiger partial charge in [-0.05, 0) is 31.5 Å². The van der Waals surface area contributed by atoms with Gasteiger partial charge in [0.05, 0.1) is 18.7 Å². The SMILES string of the molecule is CCC12C[NH+]3CC(C)(C[NH+](C1)C3c1ccc(O)c(O)c1)C2=O. The summed E-state index contributed by atoms with van der Waals surface area (Å²) in [7, 11) is 0. The number of aromatic hydroxyl groups is 2. The van der Waals surface area contributed by atoms with Gasteiger partial charge in [0.25, 0.3) is 0 Å². The van der Waals surface area contributed by atoms with Crippen molar-refractivity contribution < 1.29 is 24.8 Å². The van der Waals surface area contributed by atoms with Gasteiger partial charge in [0.1, 0.15) is 23.9 Å². The first-order chi connectivity index (χ1) is 10.4. The Balaban J connectivity index is 1.75. The third-order valence-corrected chi connectivity index (χ3v) is 6.22. The van der Waals surface area contributed by atoms with Gasteiger partial charge in [-0.3, -0.25) is 14.6 Å². The van der Waals surface area contributed by atoms with Crippen molar-refractivity contribution in [1.82, 2.24) is 0 Å². The maximum Gasteiger partial charge on any atom is 0.240 e. The lowest BCUT2D eigenvalue weighted by molar-refractivity contribution is -1.18. The standard InChI is InChI=1S/C17H22N2O3/c1-3-17-9-18-7-16(2,15(17)22)8-19(10-17)14(18)11-4-5-12(20)13(21)6-11/h4-6,14,20-21H,3,7-10H2,1-2H3/p+2. The molecule has 22 heavy (non-hydrogen) atoms. The predicted molar refractivity (Wildman–Crippen MR) is 79.7 cm³/mol. The van der Waals surface area contributed by atoms with Crippen molar-refractivity contribution >= 4 is 5.78 Å². The summed E-state index contributed by atoms with van der Waals surface area (Å²) >= 11 is 0. The van der Waals surface area contributed by atoms with Crippen LogP contribution in [-0.2, 0) is 4.79 Å². The van der Waals surface area contributed by atoms with Crippen molar-refractivity contribution in [2.45, 2.75) is 26.4 Å². The van der Waals surface area contributed by atoms with Gasteiger partial charge in [-0.15, -0.1) is 0 Å². The largest absolute Gasteiger partial charge is 0.504 e. The number of phenolic OH excluding ortho intramolecular Hbond substituents is 2. The molecule has 0 saturated carbocycles. The van der Waals surface area contributed by atoms with Crippen LogP contribution in [-0.4, -0.2) is 42.2 Å². The first kappa shape index (κ1) is 14.0. The average molecular weight is 304 g/mol. The van der Waals surface area contributed by atoms with E-state index in [2.05, 4.69) is 13.8 Å². The number of quaternary nitrogens is 2. The highest BCUT2D eigenvalue weighted by molar-refractivity contribution is 5.91. The molecule has 5 nitrogen and oxygen atoms in total. The summed E-state index contributed by atoms with van der Waals surface area (Å²) in [5, 5.41) is 19.4. The molecule has 118 valence electrons. The molecule has 2 atom stereocenters. The van der Waals surface area contributed by atoms with Gasteiger partial charge in [-0.25, -0.2) is 0 Å². The Bertz CT molecular complexity index is 641. The Morgan fingerprint density at radius 1 is 1.14 bits per heavy atom. The molecule has 4 aliphatic rings. The molecule has 4 heterocycles. The average Bonchev–Trinajstić information content (AvgIpc) is 2.47. The molecule has 5 rings (SSSR count). The highest BCUT2D eigenvalue weighted by Crippen LogP contribution is 2.39. The minimum atomic E-state index is -0.202. The van der Waals surface area contributed by atoms with E-state index in [4.69, 9.17) is 0 Å². The number of piperidine rings is 2. The van der Waals surface area contributed by atoms with Crippen LogP contribution in [0.5, 0.6) is 11.5 Å². The number of nitrogens with one attached hydrogen (secondary N) is 2. The fourth-order valence-corrected chi connectivity index (χ4v) is 5.38. The summed E-state index contributed by atoms with van der Waals surface area (Å²) < 4.78 is 0. The zero-order chi connectivity index (χ0) is 15.7. The molecule has 4 N–H and O–H groups in total. The molecule has 2 unspecified atom stereocenters. The van der Waals surface area contributed by atoms with Crippen LogP contribution in [0.25, 0.3) is 0 Å². The second kappa shape index (κ2) is 4.24. The first-order valence-corrected chi connectivity index (χ1v) is 8.14. The third kappa shape index (κ3) is 1.64. The van der Waals surface area contributed by atoms with Crippen molar-refractivity contribution in [2.75, 3.05) is 26.2 Å². The second-order valence-corrected chi connectivity index (χ2v) is 7.73. The van der Waals surface area contributed by atoms with Crippen LogP contribution in [0.3, 0.4) is 0 Å². The molecule has 1 aromatic rings. The van der Waals surface area contributed by atoms with Crippen LogP contribution in [0, 0.1) is 10.8 Å². The van der Waals surface area contributed by atoms with Crippen LogP contribution in [0.4, 0.5) is 0 Å². The Kier molecular flexibility index (Phi) is 2.70. The van der Waals surface area contributed by atoms with Crippen molar-refractivity contribution in [3.05, 3.63) is 23.8 Å². The molecule has 0 aromatic heterocycles. The lowest BCUT2D eigenvalue weighted by Gasteiger charge is -2.59. The second-order valence-electron chi connectivity index (χ2n) is 7.73. The molecule has 4 fully saturated rings. The van der Waals surface area contributed by atoms with Gasteiger partial charge < -0.3 is 10.2 Å². The molecule has 0 aliphatic carbocycles. The van der Waals surface area contributed by atoms with E-state index in [1.54, 1.807) is 12.1 Å². The normalized spacial score (nSPS) is 42.8. The van der Waals surface area contributed by atoms with E-state index in [0.717, 1.165) is 38.2 Å². The fraction of sp³-hybridized carbons (Fsp3) is 0.588. The number of rotatable bonds is 2. The quantitative estimate of drug-likeness (QED) is 0.523. The van der Waals surface area contributed by atoms with E-state index in [0.29, 0.717) is 5.78 Å². The van der Waals surface area contributed by atoms with E-state index in [-0.39, 0.29) is 28.5 Å². The van der Waals surface area contributed by atoms with Crippen molar-refractivity contribution in [3.8, 4) is 11.5 Å². The summed E-state index contributed by atoms with van der Waals surface area (Å²) in [4.78, 5) is 15.8. The monoisotopic (exact) mass is 304 g/mol. The fourth-order valence-electron chi connectivity index (χ4n) is 5.38. The number of carbonyl (C=O) groups is 1. The summed E-state index contributed by atoms with van der Waals surface area (Å²) in [6.07, 6.45) is 1.18. The van der Waals surface area contributed by atoms with Crippen LogP contribution >= 0.6 is 0 Å². The number of hydrogen-bond acceptors (Lipinski definition) is 3. The number of Topliss-reactive ketones (excluding diaryl/α,β-unsaturated/α-hetero) is 1. The highest BCUT2D eigenvalue weighted by atomic mass is 16.3. The zero-order valence-electron chi connectivity index (χ0n) is 13.1. The Hall–Kier alpha value is -1.59. The molecular weight excluding hydrogens is 280 g/mol. The van der Waals surface area contributed by atoms with E-state index >= 15 is 0 Å². The Morgan fingerprint density at radius 3 is 2.32 bits per heavy atom. The topological polar surface area (TPSA) is 66.4 Å². The molecule has 4 aliphatic heterocycles. The van der Waals surface area contributed by atoms with E-state index < -0.39 is 0 Å². The highest BCUT2D eigenvalue weighted by Gasteiger charge is 2.69. The minimum absolute atomic E-state index is 0.0556. The molecule has 0 amide bonds. The van der Waals surface area contributed by atoms with Gasteiger partial charge in [0, 0.05) is 0 Å². The van der Waals surface area contributed by atoms with Crippen LogP contribution in [0.15, 0.2) is 18.2 Å². The number of hydrogen-bond donors (Lipinski definition) is 4. The zero-order valence-corrected chi connectivity index (χ0v) is 13.1. The number of carbonyl (C=O) groups excluding carboxylic acids is 1. The van der Waals surface area contributed by atoms with Crippen LogP contribution < -0.4 is 9.80 Å². The van der Waals surface area contributed by atoms with Crippen molar-refractivity contribution in [3.63, 3.8) is 0 Å². The summed E-state index contributed by atoms with van der Waals surface area (Å²) in [5.74, 6) is 0.344. The maximum absolute atomic E-state index is 12.9. The molecule has 0 spiro atoms. The van der Waals surface area contributed by atoms with Crippen LogP contribution in [0.2, 0.25) is 0 Å². The Morgan fingerprint density at radius 2 is 1.77 bits per heavy atom. The predicted octanol–water partition coefficient (Wildman–Crippen LogP) is -1.12. The Labute approximate surface area is 130 Å². The van der Waals surface area contributed by atoms with Crippen molar-refractivity contribution in [1.29, 1.82) is 0 Å². The lowest BCUT2D eigenvalue weighted by Crippen LogP contribution is -3.41. The number of phenols is 2. The summed E-state index contributed by atoms with van der Waals surface area (Å²) in [6.45, 7) is 7.81. The molecule has 1 aromatic carbocycles. The smallest absolute Gasteiger partial charge is 0.240 e. The molecule has 4 bridgehead atoms. The summed E-state index contributed by atoms with van der Waals surface area (Å²) in [5.41, 5.74) is 0.694. The van der Waals surface area contributed by atoms with Gasteiger partial charge in [-0.1, -0.05) is 6.92 Å². The molecule has 4 saturated heterocycles. The van der Waals surface area contributed by atoms with E-state index in [9.17, 15) is 15.0 Å². The first-order valence-electron chi connectivity index (χ1n) is 8.14. The third-order valence-electron chi connectivity index (χ3n) is 6.22. The maximum atomic E-state index is 12.9. The van der Waals surface area contributed by atoms with Gasteiger partial charge in [0.15, 0.2) is 17.3 Å². The van der Waals surface area contributed by atoms with Gasteiger partial charge in [0.2, 0.25) is 6.17 Å². The van der Waals surface area contributed by atoms with Crippen LogP contribution in [0.1, 0.15) is 32.0 Å². The summed E-state index contributed by atoms with van der Waals surface area (Å²) in [6, 6.07) is 5.16. The number of benzene rings is 1. The van der Waals surface area contributed by atoms with E-state index in [1.165, 1.54) is 9.80 Å². The molecular formula is C17H24N2O3+2. The lowest BCUT2D eigenvalue weighted by atomic mass is 9.60. The van der Waals surface area contributed by atoms with Crippen molar-refractivity contribution in [2.24, 2.45) is 10.8 Å². The number of ketones is 1. The van der Waals surface area contributed by atoms with Gasteiger partial charge in [-0.2, -0.15) is 0 Å². The molecule has 5 heteroatoms. The van der Waals surface area contributed by atoms with E-state index in [1.807, 2.05) is 6.07 Å². The molecule has 0 radical (unpaired) electrons.